The van der Waals surface area contributed by atoms with Crippen molar-refractivity contribution in [3.63, 3.8) is 0 Å². The fraction of sp³-hybridized carbons (Fsp3) is 0.286. The van der Waals surface area contributed by atoms with E-state index in [1.54, 1.807) is 11.3 Å². The molecule has 0 saturated heterocycles. The molecule has 0 spiro atoms. The Hall–Kier alpha value is -0.680. The van der Waals surface area contributed by atoms with Crippen LogP contribution in [0.25, 0.3) is 0 Å². The maximum absolute atomic E-state index is 5.67. The highest BCUT2D eigenvalue weighted by Crippen LogP contribution is 2.22. The summed E-state index contributed by atoms with van der Waals surface area (Å²) in [7, 11) is 0. The summed E-state index contributed by atoms with van der Waals surface area (Å²) < 4.78 is 1.15. The van der Waals surface area contributed by atoms with Crippen LogP contribution in [0.4, 0.5) is 0 Å². The number of thiophene rings is 1. The molecule has 2 aromatic rings. The lowest BCUT2D eigenvalue weighted by Crippen LogP contribution is -2.38. The summed E-state index contributed by atoms with van der Waals surface area (Å²) in [6.07, 6.45) is 1.92. The van der Waals surface area contributed by atoms with Gasteiger partial charge in [0.1, 0.15) is 0 Å². The summed E-state index contributed by atoms with van der Waals surface area (Å²) in [6, 6.07) is 10.9. The molecule has 1 aromatic carbocycles. The lowest BCUT2D eigenvalue weighted by atomic mass is 9.99. The van der Waals surface area contributed by atoms with Crippen LogP contribution in [-0.2, 0) is 12.8 Å². The van der Waals surface area contributed by atoms with Crippen molar-refractivity contribution in [2.24, 2.45) is 5.84 Å². The van der Waals surface area contributed by atoms with Gasteiger partial charge in [-0.2, -0.15) is 0 Å². The molecular formula is C14H17BrN2S. The summed E-state index contributed by atoms with van der Waals surface area (Å²) >= 11 is 5.25. The lowest BCUT2D eigenvalue weighted by Gasteiger charge is -2.16. The molecule has 96 valence electrons. The average Bonchev–Trinajstić information content (AvgIpc) is 2.76. The van der Waals surface area contributed by atoms with E-state index in [9.17, 15) is 0 Å². The van der Waals surface area contributed by atoms with Crippen LogP contribution in [0.15, 0.2) is 40.2 Å². The molecule has 0 radical (unpaired) electrons. The number of nitrogens with two attached hydrogens (primary N) is 1. The van der Waals surface area contributed by atoms with Gasteiger partial charge >= 0.3 is 0 Å². The molecule has 18 heavy (non-hydrogen) atoms. The SMILES string of the molecule is Cc1ccccc1CC(Cc1cc(Br)cs1)NN. The number of halogens is 1. The Bertz CT molecular complexity index is 510. The Morgan fingerprint density at radius 3 is 2.72 bits per heavy atom. The highest BCUT2D eigenvalue weighted by molar-refractivity contribution is 9.10. The van der Waals surface area contributed by atoms with E-state index in [0.717, 1.165) is 17.3 Å². The number of nitrogens with one attached hydrogen (secondary N) is 1. The number of benzene rings is 1. The standard InChI is InChI=1S/C14H17BrN2S/c1-10-4-2-3-5-11(10)6-13(17-16)8-14-7-12(15)9-18-14/h2-5,7,9,13,17H,6,8,16H2,1H3. The summed E-state index contributed by atoms with van der Waals surface area (Å²) in [5, 5.41) is 2.11. The normalized spacial score (nSPS) is 12.6. The van der Waals surface area contributed by atoms with Crippen molar-refractivity contribution >= 4 is 27.3 Å². The van der Waals surface area contributed by atoms with E-state index in [0.29, 0.717) is 0 Å². The third kappa shape index (κ3) is 3.65. The van der Waals surface area contributed by atoms with Crippen molar-refractivity contribution in [1.29, 1.82) is 0 Å². The number of hydrazine groups is 1. The molecule has 1 unspecified atom stereocenters. The van der Waals surface area contributed by atoms with Crippen LogP contribution in [0, 0.1) is 6.92 Å². The van der Waals surface area contributed by atoms with E-state index < -0.39 is 0 Å². The van der Waals surface area contributed by atoms with Crippen LogP contribution in [0.5, 0.6) is 0 Å². The lowest BCUT2D eigenvalue weighted by molar-refractivity contribution is 0.525. The zero-order valence-corrected chi connectivity index (χ0v) is 12.7. The van der Waals surface area contributed by atoms with Crippen LogP contribution in [0.2, 0.25) is 0 Å². The van der Waals surface area contributed by atoms with E-state index in [1.165, 1.54) is 16.0 Å². The van der Waals surface area contributed by atoms with E-state index in [2.05, 4.69) is 64.0 Å². The largest absolute Gasteiger partial charge is 0.271 e. The zero-order valence-electron chi connectivity index (χ0n) is 10.3. The predicted octanol–water partition coefficient (Wildman–Crippen LogP) is 3.44. The molecule has 1 atom stereocenters. The first kappa shape index (κ1) is 13.7. The van der Waals surface area contributed by atoms with Crippen molar-refractivity contribution in [3.05, 3.63) is 56.2 Å². The molecule has 2 rings (SSSR count). The van der Waals surface area contributed by atoms with Gasteiger partial charge in [0.25, 0.3) is 0 Å². The third-order valence-electron chi connectivity index (χ3n) is 3.03. The maximum Gasteiger partial charge on any atom is 0.0299 e. The van der Waals surface area contributed by atoms with Gasteiger partial charge < -0.3 is 0 Å². The van der Waals surface area contributed by atoms with E-state index in [-0.39, 0.29) is 6.04 Å². The molecule has 0 bridgehead atoms. The van der Waals surface area contributed by atoms with E-state index >= 15 is 0 Å². The Kier molecular flexibility index (Phi) is 4.95. The van der Waals surface area contributed by atoms with Gasteiger partial charge in [0.05, 0.1) is 0 Å². The molecular weight excluding hydrogens is 308 g/mol. The summed E-state index contributed by atoms with van der Waals surface area (Å²) in [5.74, 6) is 5.67. The highest BCUT2D eigenvalue weighted by atomic mass is 79.9. The van der Waals surface area contributed by atoms with Crippen LogP contribution in [0.3, 0.4) is 0 Å². The van der Waals surface area contributed by atoms with Crippen LogP contribution >= 0.6 is 27.3 Å². The van der Waals surface area contributed by atoms with Crippen molar-refractivity contribution in [2.45, 2.75) is 25.8 Å². The predicted molar refractivity (Wildman–Crippen MR) is 81.7 cm³/mol. The molecule has 4 heteroatoms. The highest BCUT2D eigenvalue weighted by Gasteiger charge is 2.11. The van der Waals surface area contributed by atoms with Crippen molar-refractivity contribution in [2.75, 3.05) is 0 Å². The maximum atomic E-state index is 5.67. The Labute approximate surface area is 120 Å². The first-order valence-corrected chi connectivity index (χ1v) is 7.60. The van der Waals surface area contributed by atoms with Crippen molar-refractivity contribution in [3.8, 4) is 0 Å². The van der Waals surface area contributed by atoms with Crippen molar-refractivity contribution < 1.29 is 0 Å². The van der Waals surface area contributed by atoms with Gasteiger partial charge in [-0.3, -0.25) is 11.3 Å². The molecule has 0 aliphatic rings. The van der Waals surface area contributed by atoms with Crippen molar-refractivity contribution in [1.82, 2.24) is 5.43 Å². The molecule has 3 N–H and O–H groups in total. The number of aryl methyl sites for hydroxylation is 1. The molecule has 0 saturated carbocycles. The second kappa shape index (κ2) is 6.48. The number of rotatable bonds is 5. The van der Waals surface area contributed by atoms with Crippen LogP contribution < -0.4 is 11.3 Å². The van der Waals surface area contributed by atoms with Gasteiger partial charge in [-0.15, -0.1) is 11.3 Å². The topological polar surface area (TPSA) is 38.0 Å². The number of hydrogen-bond acceptors (Lipinski definition) is 3. The van der Waals surface area contributed by atoms with Gasteiger partial charge in [0, 0.05) is 20.8 Å². The smallest absolute Gasteiger partial charge is 0.0299 e. The second-order valence-corrected chi connectivity index (χ2v) is 6.34. The number of hydrogen-bond donors (Lipinski definition) is 2. The molecule has 2 nitrogen and oxygen atoms in total. The van der Waals surface area contributed by atoms with Crippen LogP contribution in [-0.4, -0.2) is 6.04 Å². The Morgan fingerprint density at radius 2 is 2.11 bits per heavy atom. The zero-order chi connectivity index (χ0) is 13.0. The fourth-order valence-corrected chi connectivity index (χ4v) is 3.53. The molecule has 0 aliphatic carbocycles. The van der Waals surface area contributed by atoms with Gasteiger partial charge in [0.2, 0.25) is 0 Å². The fourth-order valence-electron chi connectivity index (χ4n) is 2.00. The molecule has 0 fully saturated rings. The van der Waals surface area contributed by atoms with Crippen LogP contribution in [0.1, 0.15) is 16.0 Å². The summed E-state index contributed by atoms with van der Waals surface area (Å²) in [4.78, 5) is 1.35. The third-order valence-corrected chi connectivity index (χ3v) is 4.75. The minimum atomic E-state index is 0.275. The van der Waals surface area contributed by atoms with Gasteiger partial charge in [-0.1, -0.05) is 24.3 Å². The van der Waals surface area contributed by atoms with E-state index in [4.69, 9.17) is 5.84 Å². The van der Waals surface area contributed by atoms with Gasteiger partial charge in [-0.25, -0.2) is 0 Å². The quantitative estimate of drug-likeness (QED) is 0.653. The Balaban J connectivity index is 2.04. The second-order valence-electron chi connectivity index (χ2n) is 4.43. The molecule has 0 amide bonds. The summed E-state index contributed by atoms with van der Waals surface area (Å²) in [6.45, 7) is 2.14. The van der Waals surface area contributed by atoms with Gasteiger partial charge in [-0.05, 0) is 52.9 Å². The minimum absolute atomic E-state index is 0.275. The minimum Gasteiger partial charge on any atom is -0.271 e. The first-order chi connectivity index (χ1) is 8.69. The molecule has 0 aliphatic heterocycles. The molecule has 1 aromatic heterocycles. The monoisotopic (exact) mass is 324 g/mol. The Morgan fingerprint density at radius 1 is 1.33 bits per heavy atom. The van der Waals surface area contributed by atoms with Gasteiger partial charge in [0.15, 0.2) is 0 Å². The van der Waals surface area contributed by atoms with E-state index in [1.807, 2.05) is 0 Å². The summed E-state index contributed by atoms with van der Waals surface area (Å²) in [5.41, 5.74) is 5.61. The first-order valence-electron chi connectivity index (χ1n) is 5.92. The average molecular weight is 325 g/mol. The molecule has 1 heterocycles.